The third-order valence-electron chi connectivity index (χ3n) is 4.31. The first-order valence-electron chi connectivity index (χ1n) is 8.99. The molecule has 0 bridgehead atoms. The van der Waals surface area contributed by atoms with E-state index < -0.39 is 0 Å². The largest absolute Gasteiger partial charge is 0.489 e. The molecule has 0 aliphatic rings. The van der Waals surface area contributed by atoms with Crippen LogP contribution in [-0.4, -0.2) is 13.1 Å². The van der Waals surface area contributed by atoms with Gasteiger partial charge in [-0.2, -0.15) is 0 Å². The summed E-state index contributed by atoms with van der Waals surface area (Å²) in [5.41, 5.74) is 2.72. The predicted molar refractivity (Wildman–Crippen MR) is 107 cm³/mol. The van der Waals surface area contributed by atoms with Crippen LogP contribution in [-0.2, 0) is 16.1 Å². The summed E-state index contributed by atoms with van der Waals surface area (Å²) in [7, 11) is 1.36. The van der Waals surface area contributed by atoms with Crippen molar-refractivity contribution in [3.05, 3.63) is 95.8 Å². The van der Waals surface area contributed by atoms with Gasteiger partial charge in [-0.15, -0.1) is 0 Å². The average molecular weight is 379 g/mol. The number of hydrogen-bond acceptors (Lipinski definition) is 4. The molecule has 1 atom stereocenters. The van der Waals surface area contributed by atoms with Crippen molar-refractivity contribution in [1.82, 2.24) is 0 Å². The maximum absolute atomic E-state index is 13.1. The molecule has 5 heteroatoms. The second kappa shape index (κ2) is 9.55. The molecule has 3 rings (SSSR count). The summed E-state index contributed by atoms with van der Waals surface area (Å²) in [5.74, 6) is 0.102. The first-order valence-corrected chi connectivity index (χ1v) is 8.99. The Labute approximate surface area is 163 Å². The number of carbonyl (C=O) groups is 1. The van der Waals surface area contributed by atoms with E-state index in [0.29, 0.717) is 6.61 Å². The van der Waals surface area contributed by atoms with E-state index in [4.69, 9.17) is 9.47 Å². The van der Waals surface area contributed by atoms with Gasteiger partial charge in [-0.3, -0.25) is 4.79 Å². The molecule has 0 fully saturated rings. The van der Waals surface area contributed by atoms with Gasteiger partial charge in [-0.05, 0) is 47.5 Å². The number of methoxy groups -OCH3 is 1. The summed E-state index contributed by atoms with van der Waals surface area (Å²) >= 11 is 0. The molecule has 3 aromatic carbocycles. The van der Waals surface area contributed by atoms with Crippen molar-refractivity contribution in [3.63, 3.8) is 0 Å². The molecule has 0 spiro atoms. The van der Waals surface area contributed by atoms with Gasteiger partial charge in [0, 0.05) is 5.69 Å². The van der Waals surface area contributed by atoms with Gasteiger partial charge in [0.05, 0.1) is 19.6 Å². The lowest BCUT2D eigenvalue weighted by atomic mass is 10.0. The number of ether oxygens (including phenoxy) is 2. The van der Waals surface area contributed by atoms with Crippen LogP contribution in [0.1, 0.15) is 23.6 Å². The molecule has 0 saturated heterocycles. The van der Waals surface area contributed by atoms with E-state index in [9.17, 15) is 9.18 Å². The minimum Gasteiger partial charge on any atom is -0.489 e. The lowest BCUT2D eigenvalue weighted by molar-refractivity contribution is -0.140. The monoisotopic (exact) mass is 379 g/mol. The quantitative estimate of drug-likeness (QED) is 0.552. The Hall–Kier alpha value is -3.34. The van der Waals surface area contributed by atoms with E-state index in [1.165, 1.54) is 19.2 Å². The summed E-state index contributed by atoms with van der Waals surface area (Å²) < 4.78 is 23.7. The molecule has 144 valence electrons. The number of carbonyl (C=O) groups excluding carboxylic acids is 1. The molecule has 0 radical (unpaired) electrons. The van der Waals surface area contributed by atoms with Gasteiger partial charge < -0.3 is 14.8 Å². The number of rotatable bonds is 8. The van der Waals surface area contributed by atoms with Crippen molar-refractivity contribution in [1.29, 1.82) is 0 Å². The SMILES string of the molecule is COC(=O)C[C@H](Nc1ccc(F)cc1)c1ccc(OCc2ccccc2)cc1. The standard InChI is InChI=1S/C23H22FNO3/c1-27-23(26)15-22(25-20-11-9-19(24)10-12-20)18-7-13-21(14-8-18)28-16-17-5-3-2-4-6-17/h2-14,22,25H,15-16H2,1H3/t22-/m0/s1. The molecule has 0 heterocycles. The van der Waals surface area contributed by atoms with E-state index in [-0.39, 0.29) is 24.2 Å². The smallest absolute Gasteiger partial charge is 0.307 e. The first-order chi connectivity index (χ1) is 13.6. The van der Waals surface area contributed by atoms with E-state index in [1.54, 1.807) is 12.1 Å². The second-order valence-electron chi connectivity index (χ2n) is 6.33. The fraction of sp³-hybridized carbons (Fsp3) is 0.174. The zero-order valence-corrected chi connectivity index (χ0v) is 15.6. The minimum absolute atomic E-state index is 0.151. The number of benzene rings is 3. The summed E-state index contributed by atoms with van der Waals surface area (Å²) in [6.45, 7) is 0.486. The fourth-order valence-electron chi connectivity index (χ4n) is 2.79. The molecule has 0 unspecified atom stereocenters. The molecule has 0 aliphatic carbocycles. The number of halogens is 1. The highest BCUT2D eigenvalue weighted by atomic mass is 19.1. The Morgan fingerprint density at radius 3 is 2.29 bits per heavy atom. The lowest BCUT2D eigenvalue weighted by Gasteiger charge is -2.20. The van der Waals surface area contributed by atoms with Crippen molar-refractivity contribution < 1.29 is 18.7 Å². The van der Waals surface area contributed by atoms with Gasteiger partial charge in [0.25, 0.3) is 0 Å². The number of anilines is 1. The van der Waals surface area contributed by atoms with Crippen molar-refractivity contribution in [2.45, 2.75) is 19.1 Å². The van der Waals surface area contributed by atoms with Gasteiger partial charge in [0.1, 0.15) is 18.2 Å². The number of esters is 1. The van der Waals surface area contributed by atoms with Gasteiger partial charge in [0.2, 0.25) is 0 Å². The molecular formula is C23H22FNO3. The molecule has 0 saturated carbocycles. The minimum atomic E-state index is -0.330. The Morgan fingerprint density at radius 1 is 0.964 bits per heavy atom. The predicted octanol–water partition coefficient (Wildman–Crippen LogP) is 5.12. The highest BCUT2D eigenvalue weighted by molar-refractivity contribution is 5.71. The topological polar surface area (TPSA) is 47.6 Å². The second-order valence-corrected chi connectivity index (χ2v) is 6.33. The van der Waals surface area contributed by atoms with Crippen molar-refractivity contribution >= 4 is 11.7 Å². The maximum atomic E-state index is 13.1. The van der Waals surface area contributed by atoms with E-state index in [1.807, 2.05) is 54.6 Å². The Balaban J connectivity index is 1.70. The molecule has 3 aromatic rings. The molecular weight excluding hydrogens is 357 g/mol. The Morgan fingerprint density at radius 2 is 1.64 bits per heavy atom. The summed E-state index contributed by atoms with van der Waals surface area (Å²) in [6, 6.07) is 23.2. The molecule has 4 nitrogen and oxygen atoms in total. The van der Waals surface area contributed by atoms with Crippen LogP contribution in [0.5, 0.6) is 5.75 Å². The molecule has 28 heavy (non-hydrogen) atoms. The van der Waals surface area contributed by atoms with E-state index in [0.717, 1.165) is 22.6 Å². The molecule has 0 aromatic heterocycles. The van der Waals surface area contributed by atoms with Gasteiger partial charge in [0.15, 0.2) is 0 Å². The highest BCUT2D eigenvalue weighted by Crippen LogP contribution is 2.25. The third kappa shape index (κ3) is 5.58. The maximum Gasteiger partial charge on any atom is 0.307 e. The summed E-state index contributed by atoms with van der Waals surface area (Å²) in [5, 5.41) is 3.26. The third-order valence-corrected chi connectivity index (χ3v) is 4.31. The van der Waals surface area contributed by atoms with Gasteiger partial charge in [-0.25, -0.2) is 4.39 Å². The summed E-state index contributed by atoms with van der Waals surface area (Å²) in [6.07, 6.45) is 0.151. The van der Waals surface area contributed by atoms with E-state index >= 15 is 0 Å². The summed E-state index contributed by atoms with van der Waals surface area (Å²) in [4.78, 5) is 11.8. The highest BCUT2D eigenvalue weighted by Gasteiger charge is 2.17. The molecule has 0 amide bonds. The lowest BCUT2D eigenvalue weighted by Crippen LogP contribution is -2.16. The van der Waals surface area contributed by atoms with Crippen LogP contribution in [0, 0.1) is 5.82 Å². The van der Waals surface area contributed by atoms with Gasteiger partial charge >= 0.3 is 5.97 Å². The molecule has 0 aliphatic heterocycles. The van der Waals surface area contributed by atoms with Crippen LogP contribution in [0.4, 0.5) is 10.1 Å². The zero-order valence-electron chi connectivity index (χ0n) is 15.6. The van der Waals surface area contributed by atoms with Crippen LogP contribution in [0.2, 0.25) is 0 Å². The van der Waals surface area contributed by atoms with Crippen LogP contribution >= 0.6 is 0 Å². The van der Waals surface area contributed by atoms with Crippen LogP contribution in [0.15, 0.2) is 78.9 Å². The normalized spacial score (nSPS) is 11.5. The van der Waals surface area contributed by atoms with Crippen LogP contribution in [0.3, 0.4) is 0 Å². The molecule has 1 N–H and O–H groups in total. The van der Waals surface area contributed by atoms with E-state index in [2.05, 4.69) is 5.32 Å². The van der Waals surface area contributed by atoms with Crippen LogP contribution in [0.25, 0.3) is 0 Å². The van der Waals surface area contributed by atoms with Crippen molar-refractivity contribution in [2.24, 2.45) is 0 Å². The Kier molecular flexibility index (Phi) is 6.63. The first kappa shape index (κ1) is 19.4. The van der Waals surface area contributed by atoms with Crippen molar-refractivity contribution in [3.8, 4) is 5.75 Å². The fourth-order valence-corrected chi connectivity index (χ4v) is 2.79. The number of nitrogens with one attached hydrogen (secondary N) is 1. The van der Waals surface area contributed by atoms with Crippen LogP contribution < -0.4 is 10.1 Å². The Bertz CT molecular complexity index is 880. The zero-order chi connectivity index (χ0) is 19.8. The van der Waals surface area contributed by atoms with Crippen molar-refractivity contribution in [2.75, 3.05) is 12.4 Å². The van der Waals surface area contributed by atoms with Gasteiger partial charge in [-0.1, -0.05) is 42.5 Å². The average Bonchev–Trinajstić information content (AvgIpc) is 2.74. The number of hydrogen-bond donors (Lipinski definition) is 1.